The molecule has 0 bridgehead atoms. The molecule has 0 saturated heterocycles. The number of nitriles is 1. The summed E-state index contributed by atoms with van der Waals surface area (Å²) in [7, 11) is 1.52. The SMILES string of the molecule is COc1cccc(/C=C(\C#N)C(N)=O)c1OCc1ccc(Br)cc1. The van der Waals surface area contributed by atoms with Gasteiger partial charge in [0.25, 0.3) is 5.91 Å². The molecule has 24 heavy (non-hydrogen) atoms. The molecular weight excluding hydrogens is 372 g/mol. The molecule has 0 radical (unpaired) electrons. The maximum Gasteiger partial charge on any atom is 0.259 e. The van der Waals surface area contributed by atoms with Crippen LogP contribution >= 0.6 is 15.9 Å². The highest BCUT2D eigenvalue weighted by Crippen LogP contribution is 2.33. The normalized spacial score (nSPS) is 10.8. The van der Waals surface area contributed by atoms with Crippen LogP contribution in [0.2, 0.25) is 0 Å². The van der Waals surface area contributed by atoms with Crippen LogP contribution in [0.5, 0.6) is 11.5 Å². The topological polar surface area (TPSA) is 85.3 Å². The van der Waals surface area contributed by atoms with Crippen molar-refractivity contribution in [2.75, 3.05) is 7.11 Å². The average Bonchev–Trinajstić information content (AvgIpc) is 2.59. The quantitative estimate of drug-likeness (QED) is 0.608. The third kappa shape index (κ3) is 4.37. The second-order valence-corrected chi connectivity index (χ2v) is 5.74. The Morgan fingerprint density at radius 2 is 2.00 bits per heavy atom. The Morgan fingerprint density at radius 1 is 1.29 bits per heavy atom. The first-order valence-corrected chi connectivity index (χ1v) is 7.80. The minimum atomic E-state index is -0.792. The Kier molecular flexibility index (Phi) is 5.99. The zero-order valence-corrected chi connectivity index (χ0v) is 14.5. The second kappa shape index (κ2) is 8.18. The van der Waals surface area contributed by atoms with Gasteiger partial charge >= 0.3 is 0 Å². The number of halogens is 1. The minimum Gasteiger partial charge on any atom is -0.493 e. The van der Waals surface area contributed by atoms with E-state index in [0.29, 0.717) is 23.7 Å². The van der Waals surface area contributed by atoms with Gasteiger partial charge in [-0.25, -0.2) is 0 Å². The predicted molar refractivity (Wildman–Crippen MR) is 94.3 cm³/mol. The van der Waals surface area contributed by atoms with Crippen molar-refractivity contribution in [3.8, 4) is 17.6 Å². The number of ether oxygens (including phenoxy) is 2. The predicted octanol–water partition coefficient (Wildman–Crippen LogP) is 3.43. The fourth-order valence-electron chi connectivity index (χ4n) is 2.01. The molecule has 0 atom stereocenters. The van der Waals surface area contributed by atoms with Gasteiger partial charge in [0, 0.05) is 10.0 Å². The standard InChI is InChI=1S/C18H15BrN2O3/c1-23-16-4-2-3-13(9-14(10-20)18(21)22)17(16)24-11-12-5-7-15(19)8-6-12/h2-9H,11H2,1H3,(H2,21,22)/b14-9+. The highest BCUT2D eigenvalue weighted by Gasteiger charge is 2.12. The lowest BCUT2D eigenvalue weighted by Crippen LogP contribution is -2.12. The minimum absolute atomic E-state index is 0.156. The Labute approximate surface area is 148 Å². The molecule has 0 aliphatic heterocycles. The number of rotatable bonds is 6. The number of para-hydroxylation sites is 1. The maximum atomic E-state index is 11.3. The zero-order chi connectivity index (χ0) is 17.5. The van der Waals surface area contributed by atoms with Gasteiger partial charge in [0.05, 0.1) is 7.11 Å². The van der Waals surface area contributed by atoms with E-state index in [1.54, 1.807) is 24.3 Å². The number of hydrogen-bond donors (Lipinski definition) is 1. The Balaban J connectivity index is 2.35. The third-order valence-corrected chi connectivity index (χ3v) is 3.74. The molecule has 0 unspecified atom stereocenters. The van der Waals surface area contributed by atoms with E-state index in [9.17, 15) is 4.79 Å². The van der Waals surface area contributed by atoms with Crippen LogP contribution in [-0.2, 0) is 11.4 Å². The summed E-state index contributed by atoms with van der Waals surface area (Å²) >= 11 is 3.38. The summed E-state index contributed by atoms with van der Waals surface area (Å²) in [6.07, 6.45) is 1.39. The van der Waals surface area contributed by atoms with Crippen LogP contribution < -0.4 is 15.2 Å². The van der Waals surface area contributed by atoms with Gasteiger partial charge in [-0.1, -0.05) is 40.2 Å². The molecule has 0 aliphatic rings. The molecule has 1 amide bonds. The molecule has 5 nitrogen and oxygen atoms in total. The molecule has 0 aromatic heterocycles. The summed E-state index contributed by atoms with van der Waals surface area (Å²) in [6, 6.07) is 14.7. The molecule has 0 heterocycles. The molecule has 0 aliphatic carbocycles. The van der Waals surface area contributed by atoms with Crippen LogP contribution in [0.1, 0.15) is 11.1 Å². The van der Waals surface area contributed by atoms with E-state index in [1.807, 2.05) is 24.3 Å². The summed E-state index contributed by atoms with van der Waals surface area (Å²) in [4.78, 5) is 11.3. The smallest absolute Gasteiger partial charge is 0.259 e. The molecule has 0 fully saturated rings. The Morgan fingerprint density at radius 3 is 2.58 bits per heavy atom. The van der Waals surface area contributed by atoms with Gasteiger partial charge in [-0.15, -0.1) is 0 Å². The molecule has 2 rings (SSSR count). The lowest BCUT2D eigenvalue weighted by molar-refractivity contribution is -0.114. The van der Waals surface area contributed by atoms with E-state index in [0.717, 1.165) is 10.0 Å². The van der Waals surface area contributed by atoms with E-state index in [2.05, 4.69) is 15.9 Å². The van der Waals surface area contributed by atoms with Crippen molar-refractivity contribution in [3.63, 3.8) is 0 Å². The molecule has 2 N–H and O–H groups in total. The Hall–Kier alpha value is -2.78. The van der Waals surface area contributed by atoms with Gasteiger partial charge in [-0.2, -0.15) is 5.26 Å². The zero-order valence-electron chi connectivity index (χ0n) is 13.0. The molecule has 122 valence electrons. The fraction of sp³-hybridized carbons (Fsp3) is 0.111. The number of primary amides is 1. The van der Waals surface area contributed by atoms with E-state index >= 15 is 0 Å². The van der Waals surface area contributed by atoms with Crippen LogP contribution in [0, 0.1) is 11.3 Å². The number of amides is 1. The van der Waals surface area contributed by atoms with Gasteiger partial charge < -0.3 is 15.2 Å². The first-order chi connectivity index (χ1) is 11.5. The average molecular weight is 387 g/mol. The lowest BCUT2D eigenvalue weighted by Gasteiger charge is -2.13. The molecule has 0 saturated carbocycles. The second-order valence-electron chi connectivity index (χ2n) is 4.83. The number of nitrogens with two attached hydrogens (primary N) is 1. The first-order valence-electron chi connectivity index (χ1n) is 7.01. The lowest BCUT2D eigenvalue weighted by atomic mass is 10.1. The van der Waals surface area contributed by atoms with Crippen molar-refractivity contribution in [2.24, 2.45) is 5.73 Å². The van der Waals surface area contributed by atoms with Gasteiger partial charge in [0.2, 0.25) is 0 Å². The van der Waals surface area contributed by atoms with Gasteiger partial charge in [-0.05, 0) is 29.8 Å². The third-order valence-electron chi connectivity index (χ3n) is 3.21. The van der Waals surface area contributed by atoms with Crippen molar-refractivity contribution in [1.82, 2.24) is 0 Å². The van der Waals surface area contributed by atoms with Gasteiger partial charge in [0.1, 0.15) is 18.2 Å². The molecule has 2 aromatic carbocycles. The summed E-state index contributed by atoms with van der Waals surface area (Å²) in [5.74, 6) is 0.152. The molecule has 6 heteroatoms. The van der Waals surface area contributed by atoms with Crippen molar-refractivity contribution in [2.45, 2.75) is 6.61 Å². The van der Waals surface area contributed by atoms with E-state index < -0.39 is 5.91 Å². The first kappa shape index (κ1) is 17.6. The van der Waals surface area contributed by atoms with Crippen molar-refractivity contribution >= 4 is 27.9 Å². The number of carbonyl (C=O) groups excluding carboxylic acids is 1. The van der Waals surface area contributed by atoms with Crippen molar-refractivity contribution < 1.29 is 14.3 Å². The van der Waals surface area contributed by atoms with Crippen molar-refractivity contribution in [3.05, 3.63) is 63.6 Å². The van der Waals surface area contributed by atoms with Gasteiger partial charge in [-0.3, -0.25) is 4.79 Å². The molecular formula is C18H15BrN2O3. The number of hydrogen-bond acceptors (Lipinski definition) is 4. The molecule has 2 aromatic rings. The summed E-state index contributed by atoms with van der Waals surface area (Å²) in [6.45, 7) is 0.312. The van der Waals surface area contributed by atoms with E-state index in [4.69, 9.17) is 20.5 Å². The summed E-state index contributed by atoms with van der Waals surface area (Å²) in [5, 5.41) is 9.01. The monoisotopic (exact) mass is 386 g/mol. The summed E-state index contributed by atoms with van der Waals surface area (Å²) < 4.78 is 12.2. The maximum absolute atomic E-state index is 11.3. The van der Waals surface area contributed by atoms with E-state index in [-0.39, 0.29) is 5.57 Å². The Bertz CT molecular complexity index is 808. The highest BCUT2D eigenvalue weighted by atomic mass is 79.9. The molecule has 0 spiro atoms. The van der Waals surface area contributed by atoms with Crippen LogP contribution in [0.25, 0.3) is 6.08 Å². The van der Waals surface area contributed by atoms with Crippen LogP contribution in [0.15, 0.2) is 52.5 Å². The van der Waals surface area contributed by atoms with Crippen LogP contribution in [0.4, 0.5) is 0 Å². The van der Waals surface area contributed by atoms with Crippen LogP contribution in [0.3, 0.4) is 0 Å². The largest absolute Gasteiger partial charge is 0.493 e. The number of benzene rings is 2. The van der Waals surface area contributed by atoms with Crippen LogP contribution in [-0.4, -0.2) is 13.0 Å². The van der Waals surface area contributed by atoms with Gasteiger partial charge in [0.15, 0.2) is 11.5 Å². The summed E-state index contributed by atoms with van der Waals surface area (Å²) in [5.41, 5.74) is 6.54. The highest BCUT2D eigenvalue weighted by molar-refractivity contribution is 9.10. The van der Waals surface area contributed by atoms with E-state index in [1.165, 1.54) is 13.2 Å². The number of carbonyl (C=O) groups is 1. The number of methoxy groups -OCH3 is 1. The number of nitrogens with zero attached hydrogens (tertiary/aromatic N) is 1. The van der Waals surface area contributed by atoms with Crippen molar-refractivity contribution in [1.29, 1.82) is 5.26 Å². The fourth-order valence-corrected chi connectivity index (χ4v) is 2.28.